The third kappa shape index (κ3) is 59.9. The Morgan fingerprint density at radius 2 is 1.05 bits per heavy atom. The fraction of sp³-hybridized carbons (Fsp3) is 0.727. The quantitative estimate of drug-likeness (QED) is 0.248. The molecule has 0 spiro atoms. The van der Waals surface area contributed by atoms with E-state index in [-0.39, 0.29) is 45.6 Å². The molecular formula is C11H26O8. The molecule has 0 aromatic rings. The molecule has 0 aliphatic carbocycles. The van der Waals surface area contributed by atoms with Crippen LogP contribution in [-0.4, -0.2) is 83.4 Å². The van der Waals surface area contributed by atoms with Gasteiger partial charge in [-0.25, -0.2) is 4.79 Å². The Labute approximate surface area is 113 Å². The SMILES string of the molecule is C=C(C)C(=O)OC.OCCO.OCCO.OCCO. The molecule has 0 saturated heterocycles. The Balaban J connectivity index is -0.0000000825. The summed E-state index contributed by atoms with van der Waals surface area (Å²) in [7, 11) is 1.33. The molecule has 0 unspecified atom stereocenters. The average Bonchev–Trinajstić information content (AvgIpc) is 2.46. The predicted molar refractivity (Wildman–Crippen MR) is 69.3 cm³/mol. The maximum atomic E-state index is 10.2. The molecule has 0 amide bonds. The van der Waals surface area contributed by atoms with Crippen LogP contribution in [0.5, 0.6) is 0 Å². The summed E-state index contributed by atoms with van der Waals surface area (Å²) in [5.74, 6) is -0.347. The number of ether oxygens (including phenoxy) is 1. The molecule has 0 rings (SSSR count). The Hall–Kier alpha value is -1.03. The molecule has 0 radical (unpaired) electrons. The lowest BCUT2D eigenvalue weighted by molar-refractivity contribution is -0.136. The summed E-state index contributed by atoms with van der Waals surface area (Å²) in [4.78, 5) is 10.2. The number of aliphatic hydroxyl groups excluding tert-OH is 6. The summed E-state index contributed by atoms with van der Waals surface area (Å²) in [6.45, 7) is 4.20. The highest BCUT2D eigenvalue weighted by Crippen LogP contribution is 1.87. The monoisotopic (exact) mass is 286 g/mol. The lowest BCUT2D eigenvalue weighted by Gasteiger charge is -1.91. The topological polar surface area (TPSA) is 148 Å². The normalized spacial score (nSPS) is 7.58. The molecule has 8 heteroatoms. The summed E-state index contributed by atoms with van der Waals surface area (Å²) in [5, 5.41) is 45.8. The minimum absolute atomic E-state index is 0.125. The first-order chi connectivity index (χ1) is 8.92. The number of carbonyl (C=O) groups excluding carboxylic acids is 1. The minimum atomic E-state index is -0.347. The van der Waals surface area contributed by atoms with Crippen LogP contribution in [0.3, 0.4) is 0 Å². The van der Waals surface area contributed by atoms with Crippen LogP contribution in [0.1, 0.15) is 6.92 Å². The number of hydrogen-bond donors (Lipinski definition) is 6. The van der Waals surface area contributed by atoms with Gasteiger partial charge in [-0.15, -0.1) is 0 Å². The summed E-state index contributed by atoms with van der Waals surface area (Å²) in [5.41, 5.74) is 0.433. The zero-order valence-electron chi connectivity index (χ0n) is 11.4. The highest BCUT2D eigenvalue weighted by molar-refractivity contribution is 5.86. The zero-order valence-corrected chi connectivity index (χ0v) is 11.4. The molecule has 118 valence electrons. The molecule has 0 atom stereocenters. The summed E-state index contributed by atoms with van der Waals surface area (Å²) in [6, 6.07) is 0. The molecule has 19 heavy (non-hydrogen) atoms. The number of rotatable bonds is 4. The second-order valence-corrected chi connectivity index (χ2v) is 2.61. The number of carbonyl (C=O) groups is 1. The van der Waals surface area contributed by atoms with Gasteiger partial charge >= 0.3 is 5.97 Å². The first-order valence-corrected chi connectivity index (χ1v) is 5.32. The Morgan fingerprint density at radius 1 is 0.842 bits per heavy atom. The predicted octanol–water partition coefficient (Wildman–Crippen LogP) is -2.35. The highest BCUT2D eigenvalue weighted by atomic mass is 16.5. The molecule has 0 aromatic heterocycles. The smallest absolute Gasteiger partial charge is 0.332 e. The van der Waals surface area contributed by atoms with Gasteiger partial charge in [0.15, 0.2) is 0 Å². The second kappa shape index (κ2) is 30.2. The molecular weight excluding hydrogens is 260 g/mol. The van der Waals surface area contributed by atoms with Crippen LogP contribution in [0.15, 0.2) is 12.2 Å². The van der Waals surface area contributed by atoms with Gasteiger partial charge in [0.1, 0.15) is 0 Å². The maximum Gasteiger partial charge on any atom is 0.332 e. The Morgan fingerprint density at radius 3 is 1.05 bits per heavy atom. The van der Waals surface area contributed by atoms with Gasteiger partial charge in [0.05, 0.1) is 46.8 Å². The molecule has 0 aliphatic heterocycles. The fourth-order valence-electron chi connectivity index (χ4n) is 0.174. The lowest BCUT2D eigenvalue weighted by Crippen LogP contribution is -1.98. The van der Waals surface area contributed by atoms with Crippen LogP contribution < -0.4 is 0 Å². The van der Waals surface area contributed by atoms with Crippen molar-refractivity contribution in [2.24, 2.45) is 0 Å². The standard InChI is InChI=1S/C5H8O2.3C2H6O2/c1-4(2)5(6)7-3;3*3-1-2-4/h1H2,2-3H3;3*3-4H,1-2H2. The van der Waals surface area contributed by atoms with Crippen molar-refractivity contribution < 1.29 is 40.2 Å². The molecule has 0 aliphatic rings. The van der Waals surface area contributed by atoms with Crippen molar-refractivity contribution in [1.82, 2.24) is 0 Å². The molecule has 0 heterocycles. The number of aliphatic hydroxyl groups is 6. The van der Waals surface area contributed by atoms with Gasteiger partial charge in [-0.3, -0.25) is 0 Å². The zero-order chi connectivity index (χ0) is 16.1. The second-order valence-electron chi connectivity index (χ2n) is 2.61. The van der Waals surface area contributed by atoms with E-state index in [2.05, 4.69) is 11.3 Å². The highest BCUT2D eigenvalue weighted by Gasteiger charge is 1.95. The van der Waals surface area contributed by atoms with Gasteiger partial charge in [-0.2, -0.15) is 0 Å². The van der Waals surface area contributed by atoms with Crippen LogP contribution in [0.2, 0.25) is 0 Å². The van der Waals surface area contributed by atoms with E-state index >= 15 is 0 Å². The molecule has 0 bridgehead atoms. The number of methoxy groups -OCH3 is 1. The largest absolute Gasteiger partial charge is 0.466 e. The summed E-state index contributed by atoms with van der Waals surface area (Å²) >= 11 is 0. The van der Waals surface area contributed by atoms with E-state index < -0.39 is 0 Å². The van der Waals surface area contributed by atoms with E-state index in [4.69, 9.17) is 30.6 Å². The molecule has 8 nitrogen and oxygen atoms in total. The first-order valence-electron chi connectivity index (χ1n) is 5.32. The van der Waals surface area contributed by atoms with Gasteiger partial charge in [0, 0.05) is 5.57 Å². The van der Waals surface area contributed by atoms with E-state index in [0.29, 0.717) is 5.57 Å². The summed E-state index contributed by atoms with van der Waals surface area (Å²) < 4.78 is 4.27. The van der Waals surface area contributed by atoms with E-state index in [1.165, 1.54) is 7.11 Å². The van der Waals surface area contributed by atoms with Crippen LogP contribution >= 0.6 is 0 Å². The Bertz CT molecular complexity index is 157. The van der Waals surface area contributed by atoms with Gasteiger partial charge in [0.25, 0.3) is 0 Å². The van der Waals surface area contributed by atoms with Crippen molar-refractivity contribution in [1.29, 1.82) is 0 Å². The van der Waals surface area contributed by atoms with Gasteiger partial charge < -0.3 is 35.4 Å². The molecule has 6 N–H and O–H groups in total. The average molecular weight is 286 g/mol. The molecule has 0 saturated carbocycles. The van der Waals surface area contributed by atoms with Crippen molar-refractivity contribution in [2.75, 3.05) is 46.8 Å². The first kappa shape index (κ1) is 26.5. The third-order valence-electron chi connectivity index (χ3n) is 0.834. The van der Waals surface area contributed by atoms with Gasteiger partial charge in [0.2, 0.25) is 0 Å². The van der Waals surface area contributed by atoms with Crippen LogP contribution in [0.25, 0.3) is 0 Å². The van der Waals surface area contributed by atoms with E-state index in [1.54, 1.807) is 6.92 Å². The maximum absolute atomic E-state index is 10.2. The van der Waals surface area contributed by atoms with Crippen LogP contribution in [0, 0.1) is 0 Å². The number of hydrogen-bond acceptors (Lipinski definition) is 8. The minimum Gasteiger partial charge on any atom is -0.466 e. The van der Waals surface area contributed by atoms with Crippen LogP contribution in [-0.2, 0) is 9.53 Å². The third-order valence-corrected chi connectivity index (χ3v) is 0.834. The van der Waals surface area contributed by atoms with E-state index in [0.717, 1.165) is 0 Å². The Kier molecular flexibility index (Phi) is 42.2. The van der Waals surface area contributed by atoms with Crippen LogP contribution in [0.4, 0.5) is 0 Å². The van der Waals surface area contributed by atoms with E-state index in [9.17, 15) is 4.79 Å². The lowest BCUT2D eigenvalue weighted by atomic mass is 10.4. The van der Waals surface area contributed by atoms with Gasteiger partial charge in [-0.05, 0) is 6.92 Å². The fourth-order valence-corrected chi connectivity index (χ4v) is 0.174. The van der Waals surface area contributed by atoms with Crippen molar-refractivity contribution in [3.05, 3.63) is 12.2 Å². The summed E-state index contributed by atoms with van der Waals surface area (Å²) in [6.07, 6.45) is 0. The molecule has 0 fully saturated rings. The van der Waals surface area contributed by atoms with Gasteiger partial charge in [-0.1, -0.05) is 6.58 Å². The van der Waals surface area contributed by atoms with Crippen molar-refractivity contribution in [3.63, 3.8) is 0 Å². The number of esters is 1. The van der Waals surface area contributed by atoms with Crippen molar-refractivity contribution in [2.45, 2.75) is 6.92 Å². The van der Waals surface area contributed by atoms with Crippen molar-refractivity contribution >= 4 is 5.97 Å². The van der Waals surface area contributed by atoms with Crippen molar-refractivity contribution in [3.8, 4) is 0 Å². The van der Waals surface area contributed by atoms with E-state index in [1.807, 2.05) is 0 Å². The molecule has 0 aromatic carbocycles.